The van der Waals surface area contributed by atoms with E-state index in [2.05, 4.69) is 10.2 Å². The predicted octanol–water partition coefficient (Wildman–Crippen LogP) is 1.10. The van der Waals surface area contributed by atoms with E-state index in [1.54, 1.807) is 0 Å². The summed E-state index contributed by atoms with van der Waals surface area (Å²) in [6.45, 7) is 7.71. The number of piperazine rings is 1. The molecule has 15 heavy (non-hydrogen) atoms. The molecule has 1 saturated carbocycles. The van der Waals surface area contributed by atoms with E-state index in [0.717, 1.165) is 38.8 Å². The molecule has 2 rings (SSSR count). The largest absolute Gasteiger partial charge is 0.380 e. The van der Waals surface area contributed by atoms with Crippen LogP contribution >= 0.6 is 0 Å². The second-order valence-corrected chi connectivity index (χ2v) is 4.82. The number of nitrogens with zero attached hydrogens (tertiary/aromatic N) is 1. The number of hydrogen-bond donors (Lipinski definition) is 1. The summed E-state index contributed by atoms with van der Waals surface area (Å²) in [5, 5.41) is 3.37. The molecule has 3 heteroatoms. The molecule has 0 aromatic rings. The van der Waals surface area contributed by atoms with Gasteiger partial charge in [-0.15, -0.1) is 0 Å². The van der Waals surface area contributed by atoms with Gasteiger partial charge in [0.2, 0.25) is 0 Å². The Kier molecular flexibility index (Phi) is 4.90. The molecule has 0 radical (unpaired) electrons. The summed E-state index contributed by atoms with van der Waals surface area (Å²) in [5.74, 6) is 0.869. The molecule has 88 valence electrons. The average molecular weight is 212 g/mol. The quantitative estimate of drug-likeness (QED) is 0.691. The van der Waals surface area contributed by atoms with Crippen molar-refractivity contribution in [3.8, 4) is 0 Å². The zero-order valence-electron chi connectivity index (χ0n) is 9.71. The molecule has 2 fully saturated rings. The van der Waals surface area contributed by atoms with Crippen molar-refractivity contribution in [1.29, 1.82) is 0 Å². The minimum absolute atomic E-state index is 0.869. The molecule has 1 saturated heterocycles. The van der Waals surface area contributed by atoms with E-state index in [1.807, 2.05) is 0 Å². The minimum Gasteiger partial charge on any atom is -0.380 e. The summed E-state index contributed by atoms with van der Waals surface area (Å²) in [6.07, 6.45) is 5.64. The minimum atomic E-state index is 0.869. The predicted molar refractivity (Wildman–Crippen MR) is 62.1 cm³/mol. The molecule has 0 spiro atoms. The maximum absolute atomic E-state index is 5.76. The molecule has 1 N–H and O–H groups in total. The average Bonchev–Trinajstić information content (AvgIpc) is 2.79. The molecule has 0 unspecified atom stereocenters. The van der Waals surface area contributed by atoms with Crippen molar-refractivity contribution >= 4 is 0 Å². The van der Waals surface area contributed by atoms with Crippen molar-refractivity contribution in [3.63, 3.8) is 0 Å². The van der Waals surface area contributed by atoms with Crippen LogP contribution in [0, 0.1) is 5.92 Å². The van der Waals surface area contributed by atoms with E-state index in [4.69, 9.17) is 4.74 Å². The van der Waals surface area contributed by atoms with Crippen molar-refractivity contribution in [3.05, 3.63) is 0 Å². The van der Waals surface area contributed by atoms with Crippen molar-refractivity contribution in [1.82, 2.24) is 10.2 Å². The van der Waals surface area contributed by atoms with Gasteiger partial charge in [0.15, 0.2) is 0 Å². The monoisotopic (exact) mass is 212 g/mol. The first kappa shape index (κ1) is 11.4. The fourth-order valence-electron chi connectivity index (χ4n) is 2.56. The van der Waals surface area contributed by atoms with Crippen molar-refractivity contribution in [2.24, 2.45) is 5.92 Å². The molecular formula is C12H24N2O. The third-order valence-electron chi connectivity index (χ3n) is 3.59. The third kappa shape index (κ3) is 4.09. The summed E-state index contributed by atoms with van der Waals surface area (Å²) >= 11 is 0. The highest BCUT2D eigenvalue weighted by molar-refractivity contribution is 4.68. The molecule has 0 aromatic carbocycles. The highest BCUT2D eigenvalue weighted by Gasteiger charge is 2.15. The van der Waals surface area contributed by atoms with Crippen LogP contribution in [-0.2, 0) is 4.74 Å². The molecule has 3 nitrogen and oxygen atoms in total. The van der Waals surface area contributed by atoms with Gasteiger partial charge >= 0.3 is 0 Å². The highest BCUT2D eigenvalue weighted by atomic mass is 16.5. The zero-order chi connectivity index (χ0) is 10.3. The van der Waals surface area contributed by atoms with Crippen molar-refractivity contribution in [2.45, 2.75) is 25.7 Å². The van der Waals surface area contributed by atoms with Gasteiger partial charge in [0.1, 0.15) is 0 Å². The van der Waals surface area contributed by atoms with Crippen LogP contribution in [0.3, 0.4) is 0 Å². The van der Waals surface area contributed by atoms with E-state index >= 15 is 0 Å². The van der Waals surface area contributed by atoms with Crippen LogP contribution in [0.5, 0.6) is 0 Å². The van der Waals surface area contributed by atoms with Gasteiger partial charge in [-0.3, -0.25) is 4.90 Å². The van der Waals surface area contributed by atoms with E-state index < -0.39 is 0 Å². The van der Waals surface area contributed by atoms with E-state index in [9.17, 15) is 0 Å². The number of nitrogens with one attached hydrogen (secondary N) is 1. The topological polar surface area (TPSA) is 24.5 Å². The van der Waals surface area contributed by atoms with Crippen LogP contribution in [-0.4, -0.2) is 50.8 Å². The summed E-state index contributed by atoms with van der Waals surface area (Å²) in [7, 11) is 0. The lowest BCUT2D eigenvalue weighted by Gasteiger charge is -2.27. The van der Waals surface area contributed by atoms with Crippen LogP contribution in [0.4, 0.5) is 0 Å². The summed E-state index contributed by atoms with van der Waals surface area (Å²) in [4.78, 5) is 2.49. The summed E-state index contributed by atoms with van der Waals surface area (Å²) in [5.41, 5.74) is 0. The van der Waals surface area contributed by atoms with Crippen molar-refractivity contribution < 1.29 is 4.74 Å². The van der Waals surface area contributed by atoms with Crippen LogP contribution < -0.4 is 5.32 Å². The standard InChI is InChI=1S/C12H24N2O/c1-2-4-12(3-1)11-15-10-9-14-7-5-13-6-8-14/h12-13H,1-11H2. The Balaban J connectivity index is 1.47. The second-order valence-electron chi connectivity index (χ2n) is 4.82. The van der Waals surface area contributed by atoms with Gasteiger partial charge < -0.3 is 10.1 Å². The van der Waals surface area contributed by atoms with Gasteiger partial charge in [0.25, 0.3) is 0 Å². The van der Waals surface area contributed by atoms with E-state index in [-0.39, 0.29) is 0 Å². The van der Waals surface area contributed by atoms with Gasteiger partial charge in [0, 0.05) is 39.3 Å². The lowest BCUT2D eigenvalue weighted by atomic mass is 10.1. The number of hydrogen-bond acceptors (Lipinski definition) is 3. The van der Waals surface area contributed by atoms with Crippen molar-refractivity contribution in [2.75, 3.05) is 45.9 Å². The third-order valence-corrected chi connectivity index (χ3v) is 3.59. The van der Waals surface area contributed by atoms with Gasteiger partial charge in [-0.05, 0) is 18.8 Å². The Morgan fingerprint density at radius 3 is 2.60 bits per heavy atom. The summed E-state index contributed by atoms with van der Waals surface area (Å²) < 4.78 is 5.76. The zero-order valence-corrected chi connectivity index (χ0v) is 9.71. The first-order chi connectivity index (χ1) is 7.45. The maximum Gasteiger partial charge on any atom is 0.0593 e. The van der Waals surface area contributed by atoms with Crippen LogP contribution in [0.1, 0.15) is 25.7 Å². The highest BCUT2D eigenvalue weighted by Crippen LogP contribution is 2.24. The van der Waals surface area contributed by atoms with Gasteiger partial charge in [-0.25, -0.2) is 0 Å². The summed E-state index contributed by atoms with van der Waals surface area (Å²) in [6, 6.07) is 0. The fraction of sp³-hybridized carbons (Fsp3) is 1.00. The Morgan fingerprint density at radius 1 is 1.13 bits per heavy atom. The van der Waals surface area contributed by atoms with Gasteiger partial charge in [-0.2, -0.15) is 0 Å². The Hall–Kier alpha value is -0.120. The van der Waals surface area contributed by atoms with E-state index in [0.29, 0.717) is 0 Å². The number of ether oxygens (including phenoxy) is 1. The Morgan fingerprint density at radius 2 is 1.87 bits per heavy atom. The molecule has 0 aromatic heterocycles. The fourth-order valence-corrected chi connectivity index (χ4v) is 2.56. The molecule has 1 heterocycles. The van der Waals surface area contributed by atoms with Crippen LogP contribution in [0.25, 0.3) is 0 Å². The SMILES string of the molecule is C1CCC(COCCN2CCNCC2)C1. The molecule has 0 amide bonds. The van der Waals surface area contributed by atoms with Gasteiger partial charge in [-0.1, -0.05) is 12.8 Å². The Labute approximate surface area is 93.2 Å². The molecule has 2 aliphatic rings. The molecular weight excluding hydrogens is 188 g/mol. The molecule has 1 aliphatic carbocycles. The van der Waals surface area contributed by atoms with Crippen LogP contribution in [0.2, 0.25) is 0 Å². The second kappa shape index (κ2) is 6.46. The lowest BCUT2D eigenvalue weighted by Crippen LogP contribution is -2.44. The normalized spacial score (nSPS) is 24.8. The lowest BCUT2D eigenvalue weighted by molar-refractivity contribution is 0.0758. The number of rotatable bonds is 5. The molecule has 0 bridgehead atoms. The Bertz CT molecular complexity index is 163. The first-order valence-corrected chi connectivity index (χ1v) is 6.46. The molecule has 1 aliphatic heterocycles. The smallest absolute Gasteiger partial charge is 0.0593 e. The first-order valence-electron chi connectivity index (χ1n) is 6.46. The van der Waals surface area contributed by atoms with E-state index in [1.165, 1.54) is 38.8 Å². The van der Waals surface area contributed by atoms with Crippen LogP contribution in [0.15, 0.2) is 0 Å². The van der Waals surface area contributed by atoms with Gasteiger partial charge in [0.05, 0.1) is 6.61 Å². The maximum atomic E-state index is 5.76. The molecule has 0 atom stereocenters.